The van der Waals surface area contributed by atoms with Crippen molar-refractivity contribution >= 4 is 5.97 Å². The van der Waals surface area contributed by atoms with Gasteiger partial charge in [0.1, 0.15) is 0 Å². The molecule has 0 radical (unpaired) electrons. The Morgan fingerprint density at radius 3 is 2.20 bits per heavy atom. The number of carboxylic acid groups (broad SMARTS) is 1. The summed E-state index contributed by atoms with van der Waals surface area (Å²) in [5.41, 5.74) is 0. The van der Waals surface area contributed by atoms with Gasteiger partial charge in [0.2, 0.25) is 0 Å². The molecule has 5 heavy (non-hydrogen) atoms. The van der Waals surface area contributed by atoms with E-state index >= 15 is 0 Å². The number of carbonyl (C=O) groups is 1. The zero-order valence-electron chi connectivity index (χ0n) is 2.43. The van der Waals surface area contributed by atoms with Crippen molar-refractivity contribution in [1.29, 1.82) is 0 Å². The topological polar surface area (TPSA) is 37.3 Å². The van der Waals surface area contributed by atoms with Crippen LogP contribution in [0.1, 0.15) is 0 Å². The molecule has 2 nitrogen and oxygen atoms in total. The Kier molecular flexibility index (Phi) is 1.10. The van der Waals surface area contributed by atoms with Gasteiger partial charge in [-0.05, 0) is 0 Å². The van der Waals surface area contributed by atoms with Crippen LogP contribution in [-0.4, -0.2) is 11.1 Å². The normalized spacial score (nSPS) is 5.40. The van der Waals surface area contributed by atoms with E-state index in [2.05, 4.69) is 6.42 Å². The van der Waals surface area contributed by atoms with Gasteiger partial charge in [0.15, 0.2) is 0 Å². The Hall–Kier alpha value is -0.970. The van der Waals surface area contributed by atoms with E-state index < -0.39 is 5.97 Å². The van der Waals surface area contributed by atoms with Crippen molar-refractivity contribution in [3.63, 3.8) is 0 Å². The lowest BCUT2D eigenvalue weighted by atomic mass is 11.7. The lowest BCUT2D eigenvalue weighted by Crippen LogP contribution is -1.83. The summed E-state index contributed by atoms with van der Waals surface area (Å²) in [5.74, 6) is 0.227. The predicted octanol–water partition coefficient (Wildman–Crippen LogP) is -0.296. The van der Waals surface area contributed by atoms with Gasteiger partial charge >= 0.3 is 5.97 Å². The molecular formula is C3H2O2. The van der Waals surface area contributed by atoms with Gasteiger partial charge in [-0.2, -0.15) is 0 Å². The van der Waals surface area contributed by atoms with Gasteiger partial charge < -0.3 is 5.11 Å². The molecule has 0 aromatic heterocycles. The average molecular weight is 73.0 g/mol. The minimum Gasteiger partial charge on any atom is -0.472 e. The number of rotatable bonds is 0. The van der Waals surface area contributed by atoms with Gasteiger partial charge in [-0.25, -0.2) is 4.79 Å². The van der Waals surface area contributed by atoms with E-state index in [9.17, 15) is 0 Å². The molecule has 0 aliphatic heterocycles. The molecule has 0 aliphatic rings. The second-order valence-corrected chi connectivity index (χ2v) is 0.449. The van der Waals surface area contributed by atoms with Crippen LogP contribution in [-0.2, 0) is 4.79 Å². The Morgan fingerprint density at radius 2 is 2.20 bits per heavy atom. The molecule has 2 heteroatoms. The van der Waals surface area contributed by atoms with Crippen LogP contribution in [0.25, 0.3) is 0 Å². The molecule has 0 saturated carbocycles. The van der Waals surface area contributed by atoms with E-state index in [-0.39, 0.29) is 0 Å². The van der Waals surface area contributed by atoms with E-state index in [1.165, 1.54) is 5.92 Å². The van der Waals surface area contributed by atoms with Crippen molar-refractivity contribution < 1.29 is 9.90 Å². The quantitative estimate of drug-likeness (QED) is 0.316. The van der Waals surface area contributed by atoms with Crippen molar-refractivity contribution in [3.05, 3.63) is 0 Å². The lowest BCUT2D eigenvalue weighted by Gasteiger charge is -1.60. The highest BCUT2D eigenvalue weighted by atomic mass is 16.5. The summed E-state index contributed by atoms with van der Waals surface area (Å²) in [7, 11) is 0. The fourth-order valence-electron chi connectivity index (χ4n) is 0. The summed E-state index contributed by atoms with van der Waals surface area (Å²) in [5, 5.41) is 7.49. The highest BCUT2D eigenvalue weighted by Crippen LogP contribution is 1.44. The van der Waals surface area contributed by atoms with E-state index in [1.54, 1.807) is 0 Å². The Balaban J connectivity index is 3.35. The molecule has 0 rings (SSSR count). The summed E-state index contributed by atoms with van der Waals surface area (Å²) in [6.07, 6.45) is 4.32. The third-order valence-corrected chi connectivity index (χ3v) is 0.123. The molecule has 0 amide bonds. The highest BCUT2D eigenvalue weighted by molar-refractivity contribution is 5.85. The van der Waals surface area contributed by atoms with Gasteiger partial charge in [-0.1, -0.05) is 0 Å². The van der Waals surface area contributed by atoms with Crippen molar-refractivity contribution in [2.24, 2.45) is 0 Å². The summed E-state index contributed by atoms with van der Waals surface area (Å²) in [6, 6.07) is 0. The van der Waals surface area contributed by atoms with E-state index in [0.29, 0.717) is 0 Å². The van der Waals surface area contributed by atoms with Crippen LogP contribution in [0.5, 0.6) is 0 Å². The minimum absolute atomic E-state index is 1.22. The third-order valence-electron chi connectivity index (χ3n) is 0.123. The molecule has 0 spiro atoms. The van der Waals surface area contributed by atoms with Crippen LogP contribution in [0.3, 0.4) is 0 Å². The zero-order chi connectivity index (χ0) is 4.28. The minimum atomic E-state index is -1.22. The third kappa shape index (κ3) is 3.03. The van der Waals surface area contributed by atoms with Crippen molar-refractivity contribution in [2.45, 2.75) is 0 Å². The van der Waals surface area contributed by atoms with E-state index in [0.717, 1.165) is 0 Å². The molecule has 0 unspecified atom stereocenters. The van der Waals surface area contributed by atoms with Crippen molar-refractivity contribution in [3.8, 4) is 12.3 Å². The fraction of sp³-hybridized carbons (Fsp3) is 0. The summed E-state index contributed by atoms with van der Waals surface area (Å²) < 4.78 is 0. The summed E-state index contributed by atoms with van der Waals surface area (Å²) >= 11 is 0. The summed E-state index contributed by atoms with van der Waals surface area (Å²) in [4.78, 5) is 9.13. The monoisotopic (exact) mass is 73.0 g/mol. The maximum atomic E-state index is 9.13. The fourth-order valence-corrected chi connectivity index (χ4v) is 0. The first-order valence-corrected chi connectivity index (χ1v) is 0.966. The van der Waals surface area contributed by atoms with Gasteiger partial charge in [0.25, 0.3) is 0 Å². The first-order valence-electron chi connectivity index (χ1n) is 0.966. The average Bonchev–Trinajstić information content (AvgIpc) is 1.38. The van der Waals surface area contributed by atoms with E-state index in [4.69, 9.17) is 9.90 Å². The van der Waals surface area contributed by atoms with Gasteiger partial charge in [0, 0.05) is 5.92 Å². The Bertz CT molecular complexity index is 77.4. The zero-order valence-corrected chi connectivity index (χ0v) is 2.43. The molecule has 1 N–H and O–H groups in total. The lowest BCUT2D eigenvalue weighted by molar-refractivity contribution is -0.130. The van der Waals surface area contributed by atoms with Crippen molar-refractivity contribution in [1.82, 2.24) is 0 Å². The van der Waals surface area contributed by atoms with Crippen LogP contribution < -0.4 is 0 Å². The molecular weight excluding hydrogens is 71.0 g/mol. The van der Waals surface area contributed by atoms with Gasteiger partial charge in [-0.3, -0.25) is 0 Å². The molecule has 26 valence electrons. The molecule has 0 fully saturated rings. The van der Waals surface area contributed by atoms with Crippen LogP contribution in [0.4, 0.5) is 0 Å². The van der Waals surface area contributed by atoms with Crippen LogP contribution >= 0.6 is 0 Å². The number of aliphatic carboxylic acids is 1. The Labute approximate surface area is 29.4 Å². The van der Waals surface area contributed by atoms with Crippen LogP contribution in [0.15, 0.2) is 0 Å². The number of hydrogen-bond donors (Lipinski definition) is 1. The molecule has 0 aromatic carbocycles. The second-order valence-electron chi connectivity index (χ2n) is 0.449. The molecule has 0 aromatic rings. The van der Waals surface area contributed by atoms with Crippen molar-refractivity contribution in [2.75, 3.05) is 0 Å². The maximum absolute atomic E-state index is 9.13. The van der Waals surface area contributed by atoms with Gasteiger partial charge in [-0.15, -0.1) is 6.42 Å². The number of carboxylic acids is 1. The highest BCUT2D eigenvalue weighted by Gasteiger charge is 1.74. The SMILES string of the molecule is [13CH]#[13C][13C](=O)O. The first-order chi connectivity index (χ1) is 2.27. The largest absolute Gasteiger partial charge is 0.472 e. The maximum Gasteiger partial charge on any atom is 0.381 e. The molecule has 0 saturated heterocycles. The first kappa shape index (κ1) is 4.03. The molecule has 0 aliphatic carbocycles. The predicted molar refractivity (Wildman–Crippen MR) is 16.5 cm³/mol. The molecule has 0 heterocycles. The molecule has 0 atom stereocenters. The smallest absolute Gasteiger partial charge is 0.381 e. The van der Waals surface area contributed by atoms with Crippen LogP contribution in [0.2, 0.25) is 0 Å². The second kappa shape index (κ2) is 1.36. The number of terminal acetylenes is 1. The Morgan fingerprint density at radius 1 is 2.00 bits per heavy atom. The molecule has 0 bridgehead atoms. The van der Waals surface area contributed by atoms with Crippen LogP contribution in [0, 0.1) is 12.3 Å². The van der Waals surface area contributed by atoms with E-state index in [1.807, 2.05) is 0 Å². The summed E-state index contributed by atoms with van der Waals surface area (Å²) in [6.45, 7) is 0. The van der Waals surface area contributed by atoms with Gasteiger partial charge in [0.05, 0.1) is 0 Å². The standard InChI is InChI=1S/C3H2O2/c1-2-3(4)5/h1H,(H,4,5)/i1+1,2+1,3+1. The number of hydrogen-bond acceptors (Lipinski definition) is 1.